The Bertz CT molecular complexity index is 1000. The van der Waals surface area contributed by atoms with E-state index in [9.17, 15) is 9.90 Å². The number of benzene rings is 3. The van der Waals surface area contributed by atoms with Crippen molar-refractivity contribution >= 4 is 11.7 Å². The van der Waals surface area contributed by atoms with E-state index in [0.29, 0.717) is 18.5 Å². The van der Waals surface area contributed by atoms with Crippen molar-refractivity contribution in [2.75, 3.05) is 12.4 Å². The SMILES string of the molecule is COc1ccc(NC(=O)NC2c3ccccc3CC2O)cc1Cc1ccccc1. The molecule has 3 aromatic rings. The van der Waals surface area contributed by atoms with Crippen LogP contribution >= 0.6 is 0 Å². The Morgan fingerprint density at radius 3 is 2.62 bits per heavy atom. The van der Waals surface area contributed by atoms with Crippen molar-refractivity contribution in [3.05, 3.63) is 95.1 Å². The van der Waals surface area contributed by atoms with Gasteiger partial charge in [0.05, 0.1) is 19.3 Å². The van der Waals surface area contributed by atoms with Crippen molar-refractivity contribution in [3.63, 3.8) is 0 Å². The molecular weight excluding hydrogens is 364 g/mol. The molecule has 1 aliphatic rings. The standard InChI is InChI=1S/C24H24N2O3/c1-29-22-12-11-19(14-18(22)13-16-7-3-2-4-8-16)25-24(28)26-23-20-10-6-5-9-17(20)15-21(23)27/h2-12,14,21,23,27H,13,15H2,1H3,(H2,25,26,28). The molecule has 0 bridgehead atoms. The minimum absolute atomic E-state index is 0.346. The van der Waals surface area contributed by atoms with Crippen LogP contribution in [0.3, 0.4) is 0 Å². The van der Waals surface area contributed by atoms with E-state index in [0.717, 1.165) is 28.0 Å². The fourth-order valence-corrected chi connectivity index (χ4v) is 3.87. The molecule has 2 amide bonds. The van der Waals surface area contributed by atoms with Crippen LogP contribution in [0.25, 0.3) is 0 Å². The first-order chi connectivity index (χ1) is 14.1. The fraction of sp³-hybridized carbons (Fsp3) is 0.208. The van der Waals surface area contributed by atoms with Gasteiger partial charge in [-0.2, -0.15) is 0 Å². The lowest BCUT2D eigenvalue weighted by Gasteiger charge is -2.19. The Hall–Kier alpha value is -3.31. The van der Waals surface area contributed by atoms with Gasteiger partial charge in [0.15, 0.2) is 0 Å². The zero-order valence-electron chi connectivity index (χ0n) is 16.3. The summed E-state index contributed by atoms with van der Waals surface area (Å²) in [5.41, 5.74) is 4.87. The van der Waals surface area contributed by atoms with E-state index in [1.807, 2.05) is 60.7 Å². The Labute approximate surface area is 170 Å². The second kappa shape index (κ2) is 8.37. The monoisotopic (exact) mass is 388 g/mol. The minimum Gasteiger partial charge on any atom is -0.496 e. The molecule has 4 rings (SSSR count). The molecular formula is C24H24N2O3. The Morgan fingerprint density at radius 2 is 1.83 bits per heavy atom. The summed E-state index contributed by atoms with van der Waals surface area (Å²) in [7, 11) is 1.64. The summed E-state index contributed by atoms with van der Waals surface area (Å²) < 4.78 is 5.48. The fourth-order valence-electron chi connectivity index (χ4n) is 3.87. The first kappa shape index (κ1) is 19.0. The highest BCUT2D eigenvalue weighted by molar-refractivity contribution is 5.90. The molecule has 5 nitrogen and oxygen atoms in total. The normalized spacial score (nSPS) is 17.4. The van der Waals surface area contributed by atoms with Gasteiger partial charge in [-0.25, -0.2) is 4.79 Å². The highest BCUT2D eigenvalue weighted by Crippen LogP contribution is 2.31. The van der Waals surface area contributed by atoms with Gasteiger partial charge in [0.2, 0.25) is 0 Å². The highest BCUT2D eigenvalue weighted by atomic mass is 16.5. The molecule has 148 valence electrons. The maximum absolute atomic E-state index is 12.6. The predicted octanol–water partition coefficient (Wildman–Crippen LogP) is 4.07. The number of urea groups is 1. The molecule has 0 radical (unpaired) electrons. The zero-order valence-corrected chi connectivity index (χ0v) is 16.3. The number of hydrogen-bond donors (Lipinski definition) is 3. The van der Waals surface area contributed by atoms with Crippen LogP contribution < -0.4 is 15.4 Å². The third-order valence-corrected chi connectivity index (χ3v) is 5.27. The third kappa shape index (κ3) is 4.25. The van der Waals surface area contributed by atoms with Crippen LogP contribution in [-0.4, -0.2) is 24.4 Å². The number of carbonyl (C=O) groups excluding carboxylic acids is 1. The quantitative estimate of drug-likeness (QED) is 0.617. The van der Waals surface area contributed by atoms with E-state index in [1.165, 1.54) is 0 Å². The number of fused-ring (bicyclic) bond motifs is 1. The number of ether oxygens (including phenoxy) is 1. The molecule has 0 fully saturated rings. The molecule has 1 aliphatic carbocycles. The first-order valence-corrected chi connectivity index (χ1v) is 9.68. The third-order valence-electron chi connectivity index (χ3n) is 5.27. The maximum atomic E-state index is 12.6. The number of hydrogen-bond acceptors (Lipinski definition) is 3. The summed E-state index contributed by atoms with van der Waals surface area (Å²) in [6, 6.07) is 22.7. The maximum Gasteiger partial charge on any atom is 0.319 e. The number of nitrogens with one attached hydrogen (secondary N) is 2. The first-order valence-electron chi connectivity index (χ1n) is 9.68. The van der Waals surface area contributed by atoms with Gasteiger partial charge in [-0.1, -0.05) is 54.6 Å². The van der Waals surface area contributed by atoms with Gasteiger partial charge in [0, 0.05) is 24.1 Å². The summed E-state index contributed by atoms with van der Waals surface area (Å²) in [6.07, 6.45) is 0.628. The van der Waals surface area contributed by atoms with E-state index in [-0.39, 0.29) is 6.03 Å². The van der Waals surface area contributed by atoms with E-state index in [2.05, 4.69) is 22.8 Å². The van der Waals surface area contributed by atoms with Crippen molar-refractivity contribution < 1.29 is 14.6 Å². The highest BCUT2D eigenvalue weighted by Gasteiger charge is 2.31. The van der Waals surface area contributed by atoms with Crippen LogP contribution in [0.15, 0.2) is 72.8 Å². The van der Waals surface area contributed by atoms with Crippen molar-refractivity contribution in [1.82, 2.24) is 5.32 Å². The average molecular weight is 388 g/mol. The summed E-state index contributed by atoms with van der Waals surface area (Å²) in [6.45, 7) is 0. The zero-order chi connectivity index (χ0) is 20.2. The van der Waals surface area contributed by atoms with Gasteiger partial charge in [-0.15, -0.1) is 0 Å². The largest absolute Gasteiger partial charge is 0.496 e. The van der Waals surface area contributed by atoms with Crippen molar-refractivity contribution in [3.8, 4) is 5.75 Å². The molecule has 0 aliphatic heterocycles. The molecule has 5 heteroatoms. The Balaban J connectivity index is 1.48. The molecule has 0 heterocycles. The van der Waals surface area contributed by atoms with Crippen LogP contribution in [-0.2, 0) is 12.8 Å². The lowest BCUT2D eigenvalue weighted by molar-refractivity contribution is 0.144. The lowest BCUT2D eigenvalue weighted by Crippen LogP contribution is -2.36. The molecule has 3 N–H and O–H groups in total. The summed E-state index contributed by atoms with van der Waals surface area (Å²) in [4.78, 5) is 12.6. The Kier molecular flexibility index (Phi) is 5.49. The van der Waals surface area contributed by atoms with Crippen LogP contribution in [0.4, 0.5) is 10.5 Å². The van der Waals surface area contributed by atoms with Gasteiger partial charge in [-0.3, -0.25) is 0 Å². The van der Waals surface area contributed by atoms with Gasteiger partial charge >= 0.3 is 6.03 Å². The van der Waals surface area contributed by atoms with Gasteiger partial charge in [0.25, 0.3) is 0 Å². The molecule has 2 atom stereocenters. The molecule has 0 aromatic heterocycles. The second-order valence-electron chi connectivity index (χ2n) is 7.24. The Morgan fingerprint density at radius 1 is 1.07 bits per heavy atom. The van der Waals surface area contributed by atoms with Crippen LogP contribution in [0.2, 0.25) is 0 Å². The summed E-state index contributed by atoms with van der Waals surface area (Å²) >= 11 is 0. The number of rotatable bonds is 5. The number of anilines is 1. The van der Waals surface area contributed by atoms with Crippen LogP contribution in [0.1, 0.15) is 28.3 Å². The van der Waals surface area contributed by atoms with E-state index < -0.39 is 12.1 Å². The number of aliphatic hydroxyl groups is 1. The molecule has 0 saturated heterocycles. The van der Waals surface area contributed by atoms with Gasteiger partial charge < -0.3 is 20.5 Å². The molecule has 2 unspecified atom stereocenters. The average Bonchev–Trinajstić information content (AvgIpc) is 3.04. The predicted molar refractivity (Wildman–Crippen MR) is 113 cm³/mol. The van der Waals surface area contributed by atoms with Gasteiger partial charge in [0.1, 0.15) is 5.75 Å². The van der Waals surface area contributed by atoms with Crippen molar-refractivity contribution in [2.45, 2.75) is 25.0 Å². The molecule has 0 spiro atoms. The number of methoxy groups -OCH3 is 1. The van der Waals surface area contributed by atoms with Gasteiger partial charge in [-0.05, 0) is 34.9 Å². The molecule has 29 heavy (non-hydrogen) atoms. The minimum atomic E-state index is -0.623. The number of carbonyl (C=O) groups is 1. The molecule has 3 aromatic carbocycles. The summed E-state index contributed by atoms with van der Waals surface area (Å²) in [5.74, 6) is 0.778. The van der Waals surface area contributed by atoms with Crippen LogP contribution in [0, 0.1) is 0 Å². The number of amides is 2. The van der Waals surface area contributed by atoms with E-state index in [1.54, 1.807) is 7.11 Å². The summed E-state index contributed by atoms with van der Waals surface area (Å²) in [5, 5.41) is 16.1. The van der Waals surface area contributed by atoms with Crippen molar-refractivity contribution in [1.29, 1.82) is 0 Å². The lowest BCUT2D eigenvalue weighted by atomic mass is 10.0. The van der Waals surface area contributed by atoms with E-state index >= 15 is 0 Å². The smallest absolute Gasteiger partial charge is 0.319 e. The van der Waals surface area contributed by atoms with Crippen LogP contribution in [0.5, 0.6) is 5.75 Å². The van der Waals surface area contributed by atoms with E-state index in [4.69, 9.17) is 4.74 Å². The number of aliphatic hydroxyl groups excluding tert-OH is 1. The molecule has 0 saturated carbocycles. The topological polar surface area (TPSA) is 70.6 Å². The second-order valence-corrected chi connectivity index (χ2v) is 7.24. The van der Waals surface area contributed by atoms with Crippen molar-refractivity contribution in [2.24, 2.45) is 0 Å².